The fourth-order valence-corrected chi connectivity index (χ4v) is 9.84. The lowest BCUT2D eigenvalue weighted by Crippen LogP contribution is -2.29. The molecular weight excluding hydrogens is 1100 g/mol. The first-order valence-corrected chi connectivity index (χ1v) is 36.1. The van der Waals surface area contributed by atoms with Crippen molar-refractivity contribution in [2.24, 2.45) is 5.73 Å². The van der Waals surface area contributed by atoms with Crippen molar-refractivity contribution in [3.63, 3.8) is 0 Å². The van der Waals surface area contributed by atoms with E-state index in [1.165, 1.54) is 122 Å². The first-order chi connectivity index (χ1) is 42.8. The molecule has 10 heteroatoms. The van der Waals surface area contributed by atoms with Crippen molar-refractivity contribution in [3.8, 4) is 0 Å². The van der Waals surface area contributed by atoms with Gasteiger partial charge in [0.15, 0.2) is 6.10 Å². The van der Waals surface area contributed by atoms with E-state index in [9.17, 15) is 19.0 Å². The van der Waals surface area contributed by atoms with Crippen LogP contribution in [0.15, 0.2) is 170 Å². The smallest absolute Gasteiger partial charge is 0.462 e. The average Bonchev–Trinajstić information content (AvgIpc) is 3.63. The van der Waals surface area contributed by atoms with Crippen molar-refractivity contribution in [1.82, 2.24) is 0 Å². The van der Waals surface area contributed by atoms with Crippen molar-refractivity contribution in [2.45, 2.75) is 277 Å². The van der Waals surface area contributed by atoms with Crippen LogP contribution in [0.25, 0.3) is 0 Å². The maximum Gasteiger partial charge on any atom is 0.472 e. The van der Waals surface area contributed by atoms with Crippen LogP contribution in [0.5, 0.6) is 0 Å². The third kappa shape index (κ3) is 70.3. The largest absolute Gasteiger partial charge is 0.472 e. The third-order valence-corrected chi connectivity index (χ3v) is 15.1. The number of allylic oxidation sites excluding steroid dienone is 28. The van der Waals surface area contributed by atoms with Crippen LogP contribution in [-0.4, -0.2) is 49.3 Å². The third-order valence-electron chi connectivity index (χ3n) is 14.1. The maximum atomic E-state index is 12.7. The van der Waals surface area contributed by atoms with E-state index in [0.717, 1.165) is 109 Å². The average molecular weight is 1220 g/mol. The molecule has 0 rings (SSSR count). The van der Waals surface area contributed by atoms with Crippen molar-refractivity contribution >= 4 is 19.8 Å². The van der Waals surface area contributed by atoms with Gasteiger partial charge in [0.25, 0.3) is 0 Å². The van der Waals surface area contributed by atoms with Crippen LogP contribution in [0.1, 0.15) is 271 Å². The molecule has 0 aliphatic heterocycles. The van der Waals surface area contributed by atoms with Gasteiger partial charge in [0, 0.05) is 19.4 Å². The minimum Gasteiger partial charge on any atom is -0.462 e. The molecule has 0 saturated carbocycles. The summed E-state index contributed by atoms with van der Waals surface area (Å²) < 4.78 is 33.1. The molecule has 0 aliphatic carbocycles. The van der Waals surface area contributed by atoms with Gasteiger partial charge in [0.05, 0.1) is 13.2 Å². The molecule has 0 heterocycles. The van der Waals surface area contributed by atoms with Crippen LogP contribution >= 0.6 is 7.82 Å². The van der Waals surface area contributed by atoms with E-state index in [1.807, 2.05) is 6.08 Å². The fraction of sp³-hybridized carbons (Fsp3) is 0.610. The summed E-state index contributed by atoms with van der Waals surface area (Å²) >= 11 is 0. The number of phosphoric ester groups is 1. The van der Waals surface area contributed by atoms with E-state index in [4.69, 9.17) is 24.3 Å². The second kappa shape index (κ2) is 70.5. The number of hydrogen-bond donors (Lipinski definition) is 2. The molecule has 0 aromatic heterocycles. The van der Waals surface area contributed by atoms with Gasteiger partial charge in [0.2, 0.25) is 0 Å². The number of carbonyl (C=O) groups is 2. The first-order valence-electron chi connectivity index (χ1n) is 34.6. The summed E-state index contributed by atoms with van der Waals surface area (Å²) in [6.07, 6.45) is 105. The van der Waals surface area contributed by atoms with Crippen LogP contribution in [0.2, 0.25) is 0 Å². The SMILES string of the molecule is CC/C=C\C/C=C\C/C=C\C/C=C\C/C=C\C/C=C\C/C=C\C/C=C\C/C=C\CCCC(=O)OC(COC(=O)CCCCCCCCCCCCCCCCCCCCCCC/C=C\C/C=C\C/C=C\C/C=C\C/C=C\CC)COP(=O)(O)OCCN. The quantitative estimate of drug-likeness (QED) is 0.0264. The van der Waals surface area contributed by atoms with Crippen molar-refractivity contribution < 1.29 is 37.6 Å². The Labute approximate surface area is 533 Å². The minimum atomic E-state index is -4.42. The van der Waals surface area contributed by atoms with Gasteiger partial charge in [-0.1, -0.05) is 306 Å². The predicted molar refractivity (Wildman–Crippen MR) is 376 cm³/mol. The number of hydrogen-bond acceptors (Lipinski definition) is 8. The zero-order chi connectivity index (χ0) is 63.0. The Morgan fingerprint density at radius 1 is 0.345 bits per heavy atom. The van der Waals surface area contributed by atoms with Crippen molar-refractivity contribution in [3.05, 3.63) is 170 Å². The number of nitrogens with two attached hydrogens (primary N) is 1. The van der Waals surface area contributed by atoms with E-state index in [1.54, 1.807) is 0 Å². The Morgan fingerprint density at radius 3 is 0.920 bits per heavy atom. The molecule has 0 aromatic carbocycles. The Morgan fingerprint density at radius 2 is 0.609 bits per heavy atom. The fourth-order valence-electron chi connectivity index (χ4n) is 9.08. The molecule has 2 unspecified atom stereocenters. The highest BCUT2D eigenvalue weighted by molar-refractivity contribution is 7.47. The first kappa shape index (κ1) is 82.4. The number of ether oxygens (including phenoxy) is 2. The molecule has 0 aromatic rings. The van der Waals surface area contributed by atoms with Crippen LogP contribution in [0.4, 0.5) is 0 Å². The summed E-state index contributed by atoms with van der Waals surface area (Å²) in [5.41, 5.74) is 5.39. The second-order valence-electron chi connectivity index (χ2n) is 22.3. The molecule has 0 amide bonds. The molecule has 0 fully saturated rings. The Balaban J connectivity index is 3.97. The monoisotopic (exact) mass is 1220 g/mol. The Hall–Kier alpha value is -4.63. The number of phosphoric acid groups is 1. The molecule has 3 N–H and O–H groups in total. The van der Waals surface area contributed by atoms with Gasteiger partial charge in [-0.3, -0.25) is 18.6 Å². The molecule has 0 aliphatic rings. The number of carbonyl (C=O) groups excluding carboxylic acids is 2. The lowest BCUT2D eigenvalue weighted by Gasteiger charge is -2.19. The molecule has 0 saturated heterocycles. The summed E-state index contributed by atoms with van der Waals surface area (Å²) in [6.45, 7) is 3.45. The van der Waals surface area contributed by atoms with E-state index in [2.05, 4.69) is 178 Å². The lowest BCUT2D eigenvalue weighted by atomic mass is 10.0. The second-order valence-corrected chi connectivity index (χ2v) is 23.7. The molecule has 2 atom stereocenters. The van der Waals surface area contributed by atoms with E-state index < -0.39 is 32.5 Å². The molecular formula is C77H126NO8P. The Kier molecular flexibility index (Phi) is 66.7. The topological polar surface area (TPSA) is 134 Å². The van der Waals surface area contributed by atoms with Gasteiger partial charge in [-0.25, -0.2) is 4.57 Å². The highest BCUT2D eigenvalue weighted by Crippen LogP contribution is 2.43. The van der Waals surface area contributed by atoms with Crippen molar-refractivity contribution in [2.75, 3.05) is 26.4 Å². The summed E-state index contributed by atoms with van der Waals surface area (Å²) in [4.78, 5) is 35.3. The lowest BCUT2D eigenvalue weighted by molar-refractivity contribution is -0.161. The zero-order valence-electron chi connectivity index (χ0n) is 55.2. The van der Waals surface area contributed by atoms with Crippen LogP contribution in [-0.2, 0) is 32.7 Å². The van der Waals surface area contributed by atoms with Gasteiger partial charge in [0.1, 0.15) is 6.61 Å². The number of unbranched alkanes of at least 4 members (excludes halogenated alkanes) is 22. The van der Waals surface area contributed by atoms with Crippen LogP contribution < -0.4 is 5.73 Å². The van der Waals surface area contributed by atoms with Gasteiger partial charge in [-0.05, 0) is 122 Å². The van der Waals surface area contributed by atoms with Gasteiger partial charge in [-0.15, -0.1) is 0 Å². The normalized spacial score (nSPS) is 14.0. The summed E-state index contributed by atoms with van der Waals surface area (Å²) in [5.74, 6) is -0.902. The molecule has 492 valence electrons. The van der Waals surface area contributed by atoms with Crippen molar-refractivity contribution in [1.29, 1.82) is 0 Å². The van der Waals surface area contributed by atoms with Gasteiger partial charge >= 0.3 is 19.8 Å². The summed E-state index contributed by atoms with van der Waals surface area (Å²) in [6, 6.07) is 0. The van der Waals surface area contributed by atoms with Crippen LogP contribution in [0.3, 0.4) is 0 Å². The van der Waals surface area contributed by atoms with Crippen LogP contribution in [0, 0.1) is 0 Å². The molecule has 9 nitrogen and oxygen atoms in total. The molecule has 87 heavy (non-hydrogen) atoms. The summed E-state index contributed by atoms with van der Waals surface area (Å²) in [7, 11) is -4.42. The van der Waals surface area contributed by atoms with Gasteiger partial charge < -0.3 is 20.1 Å². The molecule has 0 bridgehead atoms. The summed E-state index contributed by atoms with van der Waals surface area (Å²) in [5, 5.41) is 0. The number of rotatable bonds is 63. The minimum absolute atomic E-state index is 0.0366. The van der Waals surface area contributed by atoms with E-state index in [-0.39, 0.29) is 32.6 Å². The standard InChI is InChI=1S/C77H126NO8P/c1-3-5-7-9-11-13-15-17-19-21-23-25-27-29-31-33-34-35-36-37-38-39-40-42-43-45-47-49-51-53-55-57-59-61-63-65-67-69-76(79)83-73-75(74-85-87(81,82)84-72-71-78)86-77(80)70-68-66-64-62-60-58-56-54-52-50-48-46-44-41-32-30-28-26-24-22-20-18-16-14-12-10-8-6-4-2/h5-8,11-14,17-20,23-26,29-32,44,46,50,52,56,58,62,64,75H,3-4,9-10,15-16,21-22,27-28,33-43,45,47-49,51,53-55,57,59-61,63,65-74,78H2,1-2H3,(H,81,82)/b7-5-,8-6-,13-11-,14-12-,19-17-,20-18-,25-23-,26-24-,31-29-,32-30-,46-44-,52-50-,58-56-,64-62-. The predicted octanol–water partition coefficient (Wildman–Crippen LogP) is 23.0. The maximum absolute atomic E-state index is 12.7. The highest BCUT2D eigenvalue weighted by Gasteiger charge is 2.26. The Bertz CT molecular complexity index is 2030. The van der Waals surface area contributed by atoms with E-state index >= 15 is 0 Å². The van der Waals surface area contributed by atoms with Gasteiger partial charge in [-0.2, -0.15) is 0 Å². The highest BCUT2D eigenvalue weighted by atomic mass is 31.2. The zero-order valence-corrected chi connectivity index (χ0v) is 56.1. The molecule has 0 radical (unpaired) electrons. The molecule has 0 spiro atoms. The number of esters is 2. The van der Waals surface area contributed by atoms with E-state index in [0.29, 0.717) is 12.8 Å².